The standard InChI is InChI=1S/C19H38N2O2S2/c1-11-13-15(20-24(22)17(3,4)5)19(9,10)16(14-12-2)21-25(23)18(6,7)8/h11-12,15-16,20-21H,1-2,13-14H2,3-10H3/t15-,16-,24+,25+/m1/s1. The van der Waals surface area contributed by atoms with Crippen LogP contribution in [0.3, 0.4) is 0 Å². The molecule has 0 aliphatic heterocycles. The minimum Gasteiger partial charge on any atom is -0.242 e. The molecule has 0 saturated heterocycles. The molecule has 25 heavy (non-hydrogen) atoms. The molecule has 0 saturated carbocycles. The average molecular weight is 391 g/mol. The third-order valence-corrected chi connectivity index (χ3v) is 7.43. The molecule has 0 heterocycles. The molecule has 0 aliphatic rings. The van der Waals surface area contributed by atoms with Gasteiger partial charge in [-0.25, -0.2) is 17.9 Å². The summed E-state index contributed by atoms with van der Waals surface area (Å²) in [5.41, 5.74) is -0.315. The third kappa shape index (κ3) is 7.85. The highest BCUT2D eigenvalue weighted by molar-refractivity contribution is 7.84. The molecule has 0 fully saturated rings. The van der Waals surface area contributed by atoms with Gasteiger partial charge in [0.1, 0.15) is 0 Å². The van der Waals surface area contributed by atoms with Gasteiger partial charge in [-0.15, -0.1) is 13.2 Å². The van der Waals surface area contributed by atoms with E-state index in [9.17, 15) is 8.42 Å². The molecule has 0 radical (unpaired) electrons. The number of rotatable bonds is 10. The lowest BCUT2D eigenvalue weighted by atomic mass is 9.75. The molecule has 2 N–H and O–H groups in total. The first-order chi connectivity index (χ1) is 11.2. The van der Waals surface area contributed by atoms with E-state index in [0.29, 0.717) is 12.8 Å². The summed E-state index contributed by atoms with van der Waals surface area (Å²) in [6, 6.07) is -0.140. The van der Waals surface area contributed by atoms with Gasteiger partial charge in [0.05, 0.1) is 31.5 Å². The van der Waals surface area contributed by atoms with Crippen molar-refractivity contribution in [1.29, 1.82) is 0 Å². The SMILES string of the molecule is C=CC[C@@H](N[S@@](=O)C(C)(C)C)C(C)(C)[C@@H](CC=C)N[S@@](=O)C(C)(C)C. The second kappa shape index (κ2) is 9.58. The lowest BCUT2D eigenvalue weighted by Crippen LogP contribution is -2.56. The summed E-state index contributed by atoms with van der Waals surface area (Å²) >= 11 is 0. The summed E-state index contributed by atoms with van der Waals surface area (Å²) in [4.78, 5) is 0. The second-order valence-corrected chi connectivity index (χ2v) is 13.0. The smallest absolute Gasteiger partial charge is 0.0973 e. The van der Waals surface area contributed by atoms with Gasteiger partial charge in [0.25, 0.3) is 0 Å². The Morgan fingerprint density at radius 3 is 1.24 bits per heavy atom. The topological polar surface area (TPSA) is 58.2 Å². The van der Waals surface area contributed by atoms with Crippen molar-refractivity contribution in [3.63, 3.8) is 0 Å². The van der Waals surface area contributed by atoms with E-state index in [2.05, 4.69) is 36.4 Å². The molecule has 4 atom stereocenters. The molecular weight excluding hydrogens is 352 g/mol. The monoisotopic (exact) mass is 390 g/mol. The zero-order valence-electron chi connectivity index (χ0n) is 17.3. The summed E-state index contributed by atoms with van der Waals surface area (Å²) in [5, 5.41) is 0. The van der Waals surface area contributed by atoms with Crippen molar-refractivity contribution in [1.82, 2.24) is 9.44 Å². The van der Waals surface area contributed by atoms with Crippen LogP contribution in [-0.4, -0.2) is 30.0 Å². The van der Waals surface area contributed by atoms with Crippen molar-refractivity contribution < 1.29 is 8.42 Å². The van der Waals surface area contributed by atoms with Crippen LogP contribution in [0.4, 0.5) is 0 Å². The van der Waals surface area contributed by atoms with E-state index < -0.39 is 22.0 Å². The summed E-state index contributed by atoms with van der Waals surface area (Å²) in [6.07, 6.45) is 5.02. The van der Waals surface area contributed by atoms with E-state index in [1.54, 1.807) is 0 Å². The summed E-state index contributed by atoms with van der Waals surface area (Å²) in [7, 11) is -2.39. The average Bonchev–Trinajstić information content (AvgIpc) is 2.43. The Balaban J connectivity index is 5.59. The van der Waals surface area contributed by atoms with Crippen LogP contribution in [0.2, 0.25) is 0 Å². The lowest BCUT2D eigenvalue weighted by molar-refractivity contribution is 0.202. The van der Waals surface area contributed by atoms with Crippen LogP contribution >= 0.6 is 0 Å². The van der Waals surface area contributed by atoms with Crippen LogP contribution in [0.25, 0.3) is 0 Å². The van der Waals surface area contributed by atoms with Gasteiger partial charge in [-0.3, -0.25) is 0 Å². The van der Waals surface area contributed by atoms with E-state index in [1.165, 1.54) is 0 Å². The van der Waals surface area contributed by atoms with E-state index in [0.717, 1.165) is 0 Å². The van der Waals surface area contributed by atoms with Gasteiger partial charge in [-0.1, -0.05) is 26.0 Å². The van der Waals surface area contributed by atoms with Gasteiger partial charge >= 0.3 is 0 Å². The van der Waals surface area contributed by atoms with Crippen molar-refractivity contribution in [2.75, 3.05) is 0 Å². The second-order valence-electron chi connectivity index (χ2n) is 8.97. The van der Waals surface area contributed by atoms with Crippen molar-refractivity contribution in [2.24, 2.45) is 5.41 Å². The first kappa shape index (κ1) is 24.7. The predicted molar refractivity (Wildman–Crippen MR) is 113 cm³/mol. The molecule has 0 unspecified atom stereocenters. The molecule has 0 amide bonds. The normalized spacial score (nSPS) is 18.2. The predicted octanol–water partition coefficient (Wildman–Crippen LogP) is 4.01. The minimum atomic E-state index is -1.19. The molecule has 0 rings (SSSR count). The summed E-state index contributed by atoms with van der Waals surface area (Å²) in [5.74, 6) is 0. The zero-order valence-corrected chi connectivity index (χ0v) is 18.9. The lowest BCUT2D eigenvalue weighted by Gasteiger charge is -2.42. The van der Waals surface area contributed by atoms with Gasteiger partial charge in [0, 0.05) is 12.1 Å². The van der Waals surface area contributed by atoms with E-state index >= 15 is 0 Å². The first-order valence-corrected chi connectivity index (χ1v) is 11.1. The number of nitrogens with one attached hydrogen (secondary N) is 2. The van der Waals surface area contributed by atoms with E-state index in [1.807, 2.05) is 53.7 Å². The van der Waals surface area contributed by atoms with Crippen molar-refractivity contribution >= 4 is 22.0 Å². The summed E-state index contributed by atoms with van der Waals surface area (Å²) < 4.78 is 31.1. The maximum absolute atomic E-state index is 12.6. The van der Waals surface area contributed by atoms with Gasteiger partial charge in [0.2, 0.25) is 0 Å². The Labute approximate surface area is 160 Å². The number of hydrogen-bond acceptors (Lipinski definition) is 2. The molecule has 4 nitrogen and oxygen atoms in total. The highest BCUT2D eigenvalue weighted by Crippen LogP contribution is 2.32. The molecule has 6 heteroatoms. The molecule has 0 aromatic carbocycles. The van der Waals surface area contributed by atoms with Crippen molar-refractivity contribution in [3.8, 4) is 0 Å². The van der Waals surface area contributed by atoms with Gasteiger partial charge in [-0.05, 0) is 59.8 Å². The highest BCUT2D eigenvalue weighted by Gasteiger charge is 2.40. The van der Waals surface area contributed by atoms with Gasteiger partial charge in [-0.2, -0.15) is 0 Å². The van der Waals surface area contributed by atoms with Crippen LogP contribution in [0.15, 0.2) is 25.3 Å². The Morgan fingerprint density at radius 1 is 0.760 bits per heavy atom. The van der Waals surface area contributed by atoms with Gasteiger partial charge in [0.15, 0.2) is 0 Å². The maximum Gasteiger partial charge on any atom is 0.0973 e. The largest absolute Gasteiger partial charge is 0.242 e. The van der Waals surface area contributed by atoms with Crippen LogP contribution in [-0.2, 0) is 22.0 Å². The maximum atomic E-state index is 12.6. The molecule has 0 aliphatic carbocycles. The highest BCUT2D eigenvalue weighted by atomic mass is 32.2. The fraction of sp³-hybridized carbons (Fsp3) is 0.789. The zero-order chi connectivity index (χ0) is 20.1. The summed E-state index contributed by atoms with van der Waals surface area (Å²) in [6.45, 7) is 23.6. The van der Waals surface area contributed by atoms with Gasteiger partial charge < -0.3 is 0 Å². The van der Waals surface area contributed by atoms with Crippen LogP contribution < -0.4 is 9.44 Å². The fourth-order valence-corrected chi connectivity index (χ4v) is 4.22. The molecule has 0 aromatic heterocycles. The quantitative estimate of drug-likeness (QED) is 0.554. The van der Waals surface area contributed by atoms with Crippen molar-refractivity contribution in [2.45, 2.75) is 89.8 Å². The molecule has 0 spiro atoms. The molecule has 0 bridgehead atoms. The first-order valence-electron chi connectivity index (χ1n) is 8.75. The molecule has 148 valence electrons. The van der Waals surface area contributed by atoms with Crippen molar-refractivity contribution in [3.05, 3.63) is 25.3 Å². The van der Waals surface area contributed by atoms with E-state index in [4.69, 9.17) is 0 Å². The third-order valence-electron chi connectivity index (χ3n) is 4.21. The Kier molecular flexibility index (Phi) is 9.47. The van der Waals surface area contributed by atoms with Crippen LogP contribution in [0.5, 0.6) is 0 Å². The molecular formula is C19H38N2O2S2. The van der Waals surface area contributed by atoms with Crippen LogP contribution in [0, 0.1) is 5.41 Å². The Morgan fingerprint density at radius 2 is 1.04 bits per heavy atom. The Bertz CT molecular complexity index is 459. The fourth-order valence-electron chi connectivity index (χ4n) is 2.20. The Hall–Kier alpha value is -0.300. The number of hydrogen-bond donors (Lipinski definition) is 2. The molecule has 0 aromatic rings. The van der Waals surface area contributed by atoms with Crippen LogP contribution in [0.1, 0.15) is 68.2 Å². The van der Waals surface area contributed by atoms with E-state index in [-0.39, 0.29) is 27.0 Å². The minimum absolute atomic E-state index is 0.0699.